The topological polar surface area (TPSA) is 38.9 Å². The van der Waals surface area contributed by atoms with E-state index in [1.807, 2.05) is 0 Å². The number of benzene rings is 1. The van der Waals surface area contributed by atoms with E-state index >= 15 is 0 Å². The summed E-state index contributed by atoms with van der Waals surface area (Å²) in [5.41, 5.74) is 5.00. The summed E-state index contributed by atoms with van der Waals surface area (Å²) in [7, 11) is 0. The quantitative estimate of drug-likeness (QED) is 0.574. The normalized spacial score (nSPS) is 9.72. The van der Waals surface area contributed by atoms with Crippen LogP contribution in [0.5, 0.6) is 0 Å². The van der Waals surface area contributed by atoms with E-state index in [2.05, 4.69) is 16.8 Å². The maximum absolute atomic E-state index is 13.1. The van der Waals surface area contributed by atoms with Crippen LogP contribution in [0.2, 0.25) is 0 Å². The highest BCUT2D eigenvalue weighted by molar-refractivity contribution is 5.49. The van der Waals surface area contributed by atoms with Crippen LogP contribution in [0.3, 0.4) is 0 Å². The van der Waals surface area contributed by atoms with Gasteiger partial charge < -0.3 is 5.73 Å². The Kier molecular flexibility index (Phi) is 3.20. The van der Waals surface area contributed by atoms with Gasteiger partial charge in [-0.25, -0.2) is 13.2 Å². The molecule has 0 aliphatic carbocycles. The number of anilines is 1. The summed E-state index contributed by atoms with van der Waals surface area (Å²) in [5, 5.41) is 0. The van der Waals surface area contributed by atoms with Crippen molar-refractivity contribution < 1.29 is 13.2 Å². The molecule has 18 heavy (non-hydrogen) atoms. The monoisotopic (exact) mass is 248 g/mol. The maximum Gasteiger partial charge on any atom is 0.150 e. The van der Waals surface area contributed by atoms with Crippen molar-refractivity contribution in [1.82, 2.24) is 4.98 Å². The number of hydrogen-bond donors (Lipinski definition) is 1. The predicted molar refractivity (Wildman–Crippen MR) is 60.9 cm³/mol. The second kappa shape index (κ2) is 4.80. The number of pyridine rings is 1. The number of nitrogens with two attached hydrogens (primary N) is 1. The lowest BCUT2D eigenvalue weighted by molar-refractivity contribution is 0.591. The van der Waals surface area contributed by atoms with Gasteiger partial charge in [-0.1, -0.05) is 11.8 Å². The molecule has 0 aliphatic heterocycles. The number of nitrogens with zero attached hydrogens (tertiary/aromatic N) is 1. The maximum atomic E-state index is 13.1. The van der Waals surface area contributed by atoms with Gasteiger partial charge >= 0.3 is 0 Å². The van der Waals surface area contributed by atoms with E-state index in [-0.39, 0.29) is 5.56 Å². The molecule has 0 radical (unpaired) electrons. The van der Waals surface area contributed by atoms with E-state index < -0.39 is 23.1 Å². The summed E-state index contributed by atoms with van der Waals surface area (Å²) in [6.07, 6.45) is 2.38. The van der Waals surface area contributed by atoms with Gasteiger partial charge in [0.05, 0.1) is 6.20 Å². The molecule has 90 valence electrons. The number of halogens is 3. The summed E-state index contributed by atoms with van der Waals surface area (Å²) < 4.78 is 39.1. The third kappa shape index (κ3) is 2.61. The molecule has 1 heterocycles. The molecule has 2 rings (SSSR count). The third-order valence-corrected chi connectivity index (χ3v) is 2.14. The number of rotatable bonds is 0. The summed E-state index contributed by atoms with van der Waals surface area (Å²) in [5.74, 6) is 2.77. The average molecular weight is 248 g/mol. The van der Waals surface area contributed by atoms with Gasteiger partial charge in [0.2, 0.25) is 0 Å². The Bertz CT molecular complexity index is 634. The summed E-state index contributed by atoms with van der Waals surface area (Å²) in [6, 6.07) is 3.19. The second-order valence-corrected chi connectivity index (χ2v) is 3.50. The lowest BCUT2D eigenvalue weighted by Gasteiger charge is -1.98. The lowest BCUT2D eigenvalue weighted by atomic mass is 10.1. The summed E-state index contributed by atoms with van der Waals surface area (Å²) in [6.45, 7) is 0. The van der Waals surface area contributed by atoms with Crippen molar-refractivity contribution in [3.63, 3.8) is 0 Å². The first-order valence-corrected chi connectivity index (χ1v) is 4.93. The summed E-state index contributed by atoms with van der Waals surface area (Å²) in [4.78, 5) is 3.60. The van der Waals surface area contributed by atoms with Gasteiger partial charge in [0.15, 0.2) is 0 Å². The smallest absolute Gasteiger partial charge is 0.150 e. The minimum absolute atomic E-state index is 0.114. The molecule has 2 aromatic rings. The minimum atomic E-state index is -0.878. The predicted octanol–water partition coefficient (Wildman–Crippen LogP) is 2.48. The highest BCUT2D eigenvalue weighted by Crippen LogP contribution is 2.16. The first kappa shape index (κ1) is 12.0. The van der Waals surface area contributed by atoms with Gasteiger partial charge in [0.25, 0.3) is 0 Å². The van der Waals surface area contributed by atoms with Crippen molar-refractivity contribution in [3.8, 4) is 11.8 Å². The van der Waals surface area contributed by atoms with Gasteiger partial charge in [0, 0.05) is 17.3 Å². The summed E-state index contributed by atoms with van der Waals surface area (Å²) >= 11 is 0. The van der Waals surface area contributed by atoms with Crippen molar-refractivity contribution in [2.75, 3.05) is 5.73 Å². The van der Waals surface area contributed by atoms with Crippen LogP contribution in [-0.4, -0.2) is 4.98 Å². The Morgan fingerprint density at radius 3 is 2.11 bits per heavy atom. The largest absolute Gasteiger partial charge is 0.394 e. The van der Waals surface area contributed by atoms with Gasteiger partial charge in [-0.2, -0.15) is 0 Å². The van der Waals surface area contributed by atoms with Crippen LogP contribution in [0, 0.1) is 29.3 Å². The molecule has 0 saturated heterocycles. The third-order valence-electron chi connectivity index (χ3n) is 2.14. The van der Waals surface area contributed by atoms with Crippen molar-refractivity contribution in [1.29, 1.82) is 0 Å². The fourth-order valence-corrected chi connectivity index (χ4v) is 1.28. The molecule has 0 aliphatic rings. The fourth-order valence-electron chi connectivity index (χ4n) is 1.28. The van der Waals surface area contributed by atoms with Crippen LogP contribution in [0.25, 0.3) is 0 Å². The fraction of sp³-hybridized carbons (Fsp3) is 0. The number of hydrogen-bond acceptors (Lipinski definition) is 2. The Morgan fingerprint density at radius 1 is 0.889 bits per heavy atom. The van der Waals surface area contributed by atoms with Crippen LogP contribution >= 0.6 is 0 Å². The molecule has 2 N–H and O–H groups in total. The standard InChI is InChI=1S/C13H7F3N2/c14-10-3-9(6-18-7-10)2-1-8-4-11(15)13(17)12(16)5-8/h3-7H,17H2. The van der Waals surface area contributed by atoms with Crippen LogP contribution in [0.1, 0.15) is 11.1 Å². The van der Waals surface area contributed by atoms with Gasteiger partial charge in [0.1, 0.15) is 23.1 Å². The minimum Gasteiger partial charge on any atom is -0.394 e. The van der Waals surface area contributed by atoms with E-state index in [4.69, 9.17) is 5.73 Å². The molecule has 0 spiro atoms. The molecule has 0 atom stereocenters. The highest BCUT2D eigenvalue weighted by Gasteiger charge is 2.05. The average Bonchev–Trinajstić information content (AvgIpc) is 2.33. The Hall–Kier alpha value is -2.48. The molecule has 2 nitrogen and oxygen atoms in total. The van der Waals surface area contributed by atoms with Crippen molar-refractivity contribution in [2.45, 2.75) is 0 Å². The molecule has 0 amide bonds. The highest BCUT2D eigenvalue weighted by atomic mass is 19.1. The lowest BCUT2D eigenvalue weighted by Crippen LogP contribution is -1.96. The Balaban J connectivity index is 2.36. The van der Waals surface area contributed by atoms with Crippen molar-refractivity contribution in [3.05, 3.63) is 59.2 Å². The van der Waals surface area contributed by atoms with Gasteiger partial charge in [-0.3, -0.25) is 4.98 Å². The zero-order valence-corrected chi connectivity index (χ0v) is 9.05. The molecule has 0 unspecified atom stereocenters. The van der Waals surface area contributed by atoms with Crippen LogP contribution in [0.4, 0.5) is 18.9 Å². The van der Waals surface area contributed by atoms with Gasteiger partial charge in [-0.15, -0.1) is 0 Å². The van der Waals surface area contributed by atoms with Crippen LogP contribution < -0.4 is 5.73 Å². The van der Waals surface area contributed by atoms with Gasteiger partial charge in [-0.05, 0) is 18.2 Å². The molecule has 0 fully saturated rings. The van der Waals surface area contributed by atoms with E-state index in [0.29, 0.717) is 5.56 Å². The van der Waals surface area contributed by atoms with Crippen molar-refractivity contribution in [2.24, 2.45) is 0 Å². The first-order chi connectivity index (χ1) is 8.56. The first-order valence-electron chi connectivity index (χ1n) is 4.93. The van der Waals surface area contributed by atoms with Crippen molar-refractivity contribution >= 4 is 5.69 Å². The van der Waals surface area contributed by atoms with Crippen LogP contribution in [-0.2, 0) is 0 Å². The molecular formula is C13H7F3N2. The number of aromatic nitrogens is 1. The number of nitrogen functional groups attached to an aromatic ring is 1. The Labute approximate surface area is 101 Å². The molecule has 1 aromatic carbocycles. The molecular weight excluding hydrogens is 241 g/mol. The van der Waals surface area contributed by atoms with E-state index in [0.717, 1.165) is 18.3 Å². The molecule has 0 bridgehead atoms. The van der Waals surface area contributed by atoms with E-state index in [9.17, 15) is 13.2 Å². The zero-order chi connectivity index (χ0) is 13.1. The van der Waals surface area contributed by atoms with E-state index in [1.165, 1.54) is 12.3 Å². The Morgan fingerprint density at radius 2 is 1.50 bits per heavy atom. The molecule has 0 saturated carbocycles. The SMILES string of the molecule is Nc1c(F)cc(C#Cc2cncc(F)c2)cc1F. The van der Waals surface area contributed by atoms with E-state index in [1.54, 1.807) is 0 Å². The second-order valence-electron chi connectivity index (χ2n) is 3.50. The zero-order valence-electron chi connectivity index (χ0n) is 9.05. The van der Waals surface area contributed by atoms with Crippen LogP contribution in [0.15, 0.2) is 30.6 Å². The molecule has 5 heteroatoms. The molecule has 1 aromatic heterocycles.